The number of para-hydroxylation sites is 1. The van der Waals surface area contributed by atoms with E-state index in [-0.39, 0.29) is 11.4 Å². The van der Waals surface area contributed by atoms with Crippen molar-refractivity contribution >= 4 is 50.2 Å². The number of rotatable bonds is 1. The van der Waals surface area contributed by atoms with Crippen molar-refractivity contribution in [3.8, 4) is 22.3 Å². The summed E-state index contributed by atoms with van der Waals surface area (Å²) in [5.74, 6) is -0.951. The molecule has 0 bridgehead atoms. The average molecular weight is 439 g/mol. The Hall–Kier alpha value is -4.84. The highest BCUT2D eigenvalue weighted by Crippen LogP contribution is 2.55. The fourth-order valence-electron chi connectivity index (χ4n) is 5.51. The minimum Gasteiger partial charge on any atom is -0.456 e. The molecule has 2 amide bonds. The Balaban J connectivity index is 1.58. The van der Waals surface area contributed by atoms with Gasteiger partial charge in [0.2, 0.25) is 0 Å². The number of amides is 2. The molecule has 0 atom stereocenters. The zero-order valence-electron chi connectivity index (χ0n) is 17.6. The third kappa shape index (κ3) is 1.97. The summed E-state index contributed by atoms with van der Waals surface area (Å²) in [5, 5.41) is 3.78. The van der Waals surface area contributed by atoms with E-state index in [2.05, 4.69) is 28.2 Å². The van der Waals surface area contributed by atoms with Crippen LogP contribution in [0.4, 0.5) is 5.69 Å². The number of nitrogens with zero attached hydrogens (tertiary/aromatic N) is 3. The lowest BCUT2D eigenvalue weighted by Gasteiger charge is -2.20. The second-order valence-electron chi connectivity index (χ2n) is 8.53. The van der Waals surface area contributed by atoms with Crippen LogP contribution in [0.1, 0.15) is 21.0 Å². The molecule has 6 heteroatoms. The maximum Gasteiger partial charge on any atom is 0.286 e. The molecule has 158 valence electrons. The van der Waals surface area contributed by atoms with Crippen LogP contribution in [0.2, 0.25) is 0 Å². The fourth-order valence-corrected chi connectivity index (χ4v) is 5.51. The van der Waals surface area contributed by atoms with Gasteiger partial charge < -0.3 is 4.42 Å². The highest BCUT2D eigenvalue weighted by molar-refractivity contribution is 6.39. The van der Waals surface area contributed by atoms with E-state index in [9.17, 15) is 9.59 Å². The van der Waals surface area contributed by atoms with Crippen LogP contribution in [0.5, 0.6) is 0 Å². The average Bonchev–Trinajstić information content (AvgIpc) is 3.49. The number of aromatic nitrogens is 2. The number of fused-ring (bicyclic) bond motifs is 7. The highest BCUT2D eigenvalue weighted by Gasteiger charge is 2.43. The lowest BCUT2D eigenvalue weighted by Crippen LogP contribution is -2.30. The molecule has 0 radical (unpaired) electrons. The van der Waals surface area contributed by atoms with Crippen LogP contribution in [0.25, 0.3) is 55.0 Å². The van der Waals surface area contributed by atoms with Crippen LogP contribution in [0.15, 0.2) is 83.5 Å². The molecular formula is C28H13N3O3. The minimum absolute atomic E-state index is 0.0692. The van der Waals surface area contributed by atoms with Gasteiger partial charge in [0.25, 0.3) is 11.8 Å². The normalized spacial score (nSPS) is 13.9. The molecule has 6 nitrogen and oxygen atoms in total. The lowest BCUT2D eigenvalue weighted by atomic mass is 9.97. The zero-order chi connectivity index (χ0) is 22.6. The summed E-state index contributed by atoms with van der Waals surface area (Å²) in [6.07, 6.45) is 2.87. The Morgan fingerprint density at radius 2 is 1.38 bits per heavy atom. The Labute approximate surface area is 192 Å². The van der Waals surface area contributed by atoms with E-state index < -0.39 is 11.8 Å². The van der Waals surface area contributed by atoms with Crippen LogP contribution < -0.4 is 4.90 Å². The van der Waals surface area contributed by atoms with Gasteiger partial charge in [0.15, 0.2) is 11.4 Å². The summed E-state index contributed by atoms with van der Waals surface area (Å²) < 4.78 is 6.24. The van der Waals surface area contributed by atoms with Crippen molar-refractivity contribution in [1.82, 2.24) is 9.97 Å². The summed E-state index contributed by atoms with van der Waals surface area (Å²) >= 11 is 0. The number of furan rings is 1. The highest BCUT2D eigenvalue weighted by atomic mass is 16.3. The van der Waals surface area contributed by atoms with E-state index in [4.69, 9.17) is 4.42 Å². The Morgan fingerprint density at radius 3 is 2.15 bits per heavy atom. The van der Waals surface area contributed by atoms with E-state index in [0.29, 0.717) is 16.9 Å². The van der Waals surface area contributed by atoms with Crippen molar-refractivity contribution < 1.29 is 14.0 Å². The van der Waals surface area contributed by atoms with Gasteiger partial charge in [0.05, 0.1) is 11.1 Å². The largest absolute Gasteiger partial charge is 0.456 e. The Kier molecular flexibility index (Phi) is 3.09. The minimum atomic E-state index is -0.476. The van der Waals surface area contributed by atoms with Gasteiger partial charge in [-0.2, -0.15) is 0 Å². The third-order valence-corrected chi connectivity index (χ3v) is 6.84. The fraction of sp³-hybridized carbons (Fsp3) is 0. The van der Waals surface area contributed by atoms with Gasteiger partial charge in [0.1, 0.15) is 11.2 Å². The predicted molar refractivity (Wildman–Crippen MR) is 129 cm³/mol. The first-order valence-corrected chi connectivity index (χ1v) is 10.9. The van der Waals surface area contributed by atoms with Gasteiger partial charge >= 0.3 is 0 Å². The maximum absolute atomic E-state index is 13.6. The number of hydrogen-bond acceptors (Lipinski definition) is 5. The van der Waals surface area contributed by atoms with Crippen LogP contribution in [-0.4, -0.2) is 21.8 Å². The number of imide groups is 1. The molecule has 34 heavy (non-hydrogen) atoms. The Morgan fingerprint density at radius 1 is 0.676 bits per heavy atom. The summed E-state index contributed by atoms with van der Waals surface area (Å²) in [6.45, 7) is 0. The van der Waals surface area contributed by atoms with Crippen LogP contribution in [0, 0.1) is 0 Å². The molecule has 1 aliphatic heterocycles. The first-order chi connectivity index (χ1) is 16.7. The lowest BCUT2D eigenvalue weighted by molar-refractivity contribution is 0.0924. The predicted octanol–water partition coefficient (Wildman–Crippen LogP) is 5.98. The number of hydrogen-bond donors (Lipinski definition) is 0. The molecule has 1 aliphatic carbocycles. The molecule has 0 fully saturated rings. The van der Waals surface area contributed by atoms with E-state index in [1.807, 2.05) is 48.5 Å². The van der Waals surface area contributed by atoms with E-state index in [1.165, 1.54) is 17.3 Å². The molecule has 0 unspecified atom stereocenters. The van der Waals surface area contributed by atoms with E-state index >= 15 is 0 Å². The standard InChI is InChI=1S/C28H13N3O3/c32-27-24-25(30-12-11-29-24)28(33)31(27)26-22-17-9-4-6-14-5-3-8-15(21(14)17)18(22)13-20-23(26)16-7-1-2-10-19(16)34-20/h1-13H. The van der Waals surface area contributed by atoms with Crippen molar-refractivity contribution in [2.75, 3.05) is 4.90 Å². The molecular weight excluding hydrogens is 426 g/mol. The summed E-state index contributed by atoms with van der Waals surface area (Å²) in [4.78, 5) is 36.8. The topological polar surface area (TPSA) is 76.3 Å². The van der Waals surface area contributed by atoms with Gasteiger partial charge in [-0.25, -0.2) is 14.9 Å². The molecule has 3 heterocycles. The van der Waals surface area contributed by atoms with Crippen LogP contribution >= 0.6 is 0 Å². The van der Waals surface area contributed by atoms with E-state index in [0.717, 1.165) is 43.8 Å². The Bertz CT molecular complexity index is 1880. The second-order valence-corrected chi connectivity index (χ2v) is 8.53. The van der Waals surface area contributed by atoms with Crippen LogP contribution in [-0.2, 0) is 0 Å². The van der Waals surface area contributed by atoms with E-state index in [1.54, 1.807) is 0 Å². The first-order valence-electron chi connectivity index (χ1n) is 10.9. The second kappa shape index (κ2) is 5.94. The van der Waals surface area contributed by atoms with Crippen molar-refractivity contribution in [3.05, 3.63) is 90.5 Å². The molecule has 6 aromatic rings. The quantitative estimate of drug-likeness (QED) is 0.294. The number of anilines is 1. The molecule has 2 aromatic heterocycles. The van der Waals surface area contributed by atoms with Gasteiger partial charge in [-0.1, -0.05) is 54.6 Å². The third-order valence-electron chi connectivity index (χ3n) is 6.84. The summed E-state index contributed by atoms with van der Waals surface area (Å²) in [5.41, 5.74) is 5.81. The van der Waals surface area contributed by atoms with Crippen LogP contribution in [0.3, 0.4) is 0 Å². The molecule has 0 saturated carbocycles. The van der Waals surface area contributed by atoms with Gasteiger partial charge in [0, 0.05) is 23.3 Å². The smallest absolute Gasteiger partial charge is 0.286 e. The van der Waals surface area contributed by atoms with Crippen molar-refractivity contribution in [2.45, 2.75) is 0 Å². The maximum atomic E-state index is 13.6. The summed E-state index contributed by atoms with van der Waals surface area (Å²) in [7, 11) is 0. The zero-order valence-corrected chi connectivity index (χ0v) is 17.6. The molecule has 0 N–H and O–H groups in total. The van der Waals surface area contributed by atoms with Crippen molar-refractivity contribution in [3.63, 3.8) is 0 Å². The molecule has 8 rings (SSSR count). The van der Waals surface area contributed by atoms with Gasteiger partial charge in [-0.15, -0.1) is 0 Å². The van der Waals surface area contributed by atoms with Crippen molar-refractivity contribution in [2.24, 2.45) is 0 Å². The first kappa shape index (κ1) is 17.7. The SMILES string of the molecule is O=C1c2nccnc2C(=O)N1c1c2c(cc3oc4ccccc4c13)-c1cccc3cccc-2c13. The number of carbonyl (C=O) groups is 2. The number of carbonyl (C=O) groups excluding carboxylic acids is 2. The summed E-state index contributed by atoms with van der Waals surface area (Å²) in [6, 6.07) is 22.0. The molecule has 4 aromatic carbocycles. The molecule has 2 aliphatic rings. The van der Waals surface area contributed by atoms with Gasteiger partial charge in [-0.05, 0) is 39.6 Å². The van der Waals surface area contributed by atoms with Gasteiger partial charge in [-0.3, -0.25) is 9.59 Å². The molecule has 0 saturated heterocycles. The number of benzene rings is 4. The monoisotopic (exact) mass is 439 g/mol. The molecule has 0 spiro atoms. The van der Waals surface area contributed by atoms with Crippen molar-refractivity contribution in [1.29, 1.82) is 0 Å².